The molecule has 0 saturated heterocycles. The molecule has 8 nitrogen and oxygen atoms in total. The maximum Gasteiger partial charge on any atom is 0.416 e. The zero-order valence-corrected chi connectivity index (χ0v) is 17.8. The third-order valence-corrected chi connectivity index (χ3v) is 4.71. The molecule has 11 heteroatoms. The van der Waals surface area contributed by atoms with Gasteiger partial charge in [0.15, 0.2) is 0 Å². The van der Waals surface area contributed by atoms with E-state index in [0.717, 1.165) is 22.4 Å². The van der Waals surface area contributed by atoms with E-state index in [4.69, 9.17) is 4.74 Å². The van der Waals surface area contributed by atoms with Crippen molar-refractivity contribution in [1.82, 2.24) is 19.7 Å². The molecule has 3 aromatic rings. The van der Waals surface area contributed by atoms with E-state index in [9.17, 15) is 27.6 Å². The van der Waals surface area contributed by atoms with Gasteiger partial charge in [0.2, 0.25) is 5.69 Å². The molecule has 0 unspecified atom stereocenters. The fourth-order valence-electron chi connectivity index (χ4n) is 3.10. The van der Waals surface area contributed by atoms with E-state index in [1.165, 1.54) is 19.2 Å². The zero-order valence-electron chi connectivity index (χ0n) is 17.8. The molecule has 0 bridgehead atoms. The summed E-state index contributed by atoms with van der Waals surface area (Å²) >= 11 is 0. The average Bonchev–Trinajstić information content (AvgIpc) is 2.76. The van der Waals surface area contributed by atoms with Crippen LogP contribution in [0, 0.1) is 6.92 Å². The van der Waals surface area contributed by atoms with Crippen LogP contribution in [-0.4, -0.2) is 40.5 Å². The summed E-state index contributed by atoms with van der Waals surface area (Å²) in [5, 5.41) is 6.43. The van der Waals surface area contributed by atoms with Gasteiger partial charge < -0.3 is 10.1 Å². The second-order valence-electron chi connectivity index (χ2n) is 7.22. The fraction of sp³-hybridized carbons (Fsp3) is 0.273. The van der Waals surface area contributed by atoms with Crippen molar-refractivity contribution in [2.45, 2.75) is 19.6 Å². The lowest BCUT2D eigenvalue weighted by atomic mass is 10.1. The smallest absolute Gasteiger partial charge is 0.383 e. The summed E-state index contributed by atoms with van der Waals surface area (Å²) in [6.45, 7) is 1.58. The number of rotatable bonds is 7. The first-order chi connectivity index (χ1) is 15.6. The zero-order chi connectivity index (χ0) is 24.2. The van der Waals surface area contributed by atoms with Gasteiger partial charge in [-0.2, -0.15) is 23.0 Å². The number of ether oxygens (including phenoxy) is 1. The first-order valence-corrected chi connectivity index (χ1v) is 9.86. The Labute approximate surface area is 186 Å². The number of halogens is 3. The molecule has 33 heavy (non-hydrogen) atoms. The van der Waals surface area contributed by atoms with Crippen molar-refractivity contribution in [2.24, 2.45) is 0 Å². The first-order valence-electron chi connectivity index (χ1n) is 9.86. The van der Waals surface area contributed by atoms with Crippen molar-refractivity contribution in [2.75, 3.05) is 20.3 Å². The second kappa shape index (κ2) is 9.82. The van der Waals surface area contributed by atoms with Gasteiger partial charge in [0.1, 0.15) is 0 Å². The first kappa shape index (κ1) is 23.9. The molecule has 1 amide bonds. The van der Waals surface area contributed by atoms with Crippen LogP contribution in [0.3, 0.4) is 0 Å². The summed E-state index contributed by atoms with van der Waals surface area (Å²) in [6, 6.07) is 10.9. The number of carbonyl (C=O) groups excluding carboxylic acids is 1. The highest BCUT2D eigenvalue weighted by atomic mass is 19.4. The van der Waals surface area contributed by atoms with Crippen molar-refractivity contribution in [1.29, 1.82) is 0 Å². The Morgan fingerprint density at radius 2 is 1.85 bits per heavy atom. The van der Waals surface area contributed by atoms with Crippen LogP contribution in [0.2, 0.25) is 0 Å². The minimum absolute atomic E-state index is 0.0664. The summed E-state index contributed by atoms with van der Waals surface area (Å²) in [4.78, 5) is 38.7. The lowest BCUT2D eigenvalue weighted by Gasteiger charge is -2.13. The topological polar surface area (TPSA) is 95.2 Å². The number of amides is 1. The number of hydrogen-bond donors (Lipinski definition) is 1. The molecule has 1 heterocycles. The fourth-order valence-corrected chi connectivity index (χ4v) is 3.10. The number of hydrogen-bond acceptors (Lipinski definition) is 5. The van der Waals surface area contributed by atoms with Crippen LogP contribution in [-0.2, 0) is 17.5 Å². The number of nitrogens with zero attached hydrogens (tertiary/aromatic N) is 3. The third kappa shape index (κ3) is 5.55. The van der Waals surface area contributed by atoms with Gasteiger partial charge >= 0.3 is 11.9 Å². The van der Waals surface area contributed by atoms with Gasteiger partial charge in [-0.25, -0.2) is 4.79 Å². The van der Waals surface area contributed by atoms with Gasteiger partial charge in [-0.15, -0.1) is 0 Å². The molecule has 0 aliphatic carbocycles. The summed E-state index contributed by atoms with van der Waals surface area (Å²) in [6.07, 6.45) is -4.59. The predicted octanol–water partition coefficient (Wildman–Crippen LogP) is 2.15. The SMILES string of the molecule is COCCNC(=O)c1nn(-c2cccc(C)c2)c(=O)n(Cc2cccc(C(F)(F)F)c2)c1=O. The molecular formula is C22H21F3N4O4. The average molecular weight is 462 g/mol. The van der Waals surface area contributed by atoms with Crippen molar-refractivity contribution in [3.05, 3.63) is 91.8 Å². The van der Waals surface area contributed by atoms with Crippen LogP contribution in [0.15, 0.2) is 58.1 Å². The summed E-state index contributed by atoms with van der Waals surface area (Å²) in [5.74, 6) is -0.837. The Balaban J connectivity index is 2.15. The van der Waals surface area contributed by atoms with E-state index < -0.39 is 41.1 Å². The molecular weight excluding hydrogens is 441 g/mol. The lowest BCUT2D eigenvalue weighted by molar-refractivity contribution is -0.137. The number of carbonyl (C=O) groups is 1. The van der Waals surface area contributed by atoms with Crippen molar-refractivity contribution < 1.29 is 22.7 Å². The van der Waals surface area contributed by atoms with Crippen LogP contribution in [0.25, 0.3) is 5.69 Å². The lowest BCUT2D eigenvalue weighted by Crippen LogP contribution is -2.46. The van der Waals surface area contributed by atoms with Crippen LogP contribution in [0.5, 0.6) is 0 Å². The highest BCUT2D eigenvalue weighted by molar-refractivity contribution is 5.91. The summed E-state index contributed by atoms with van der Waals surface area (Å²) in [5.41, 5.74) is -2.24. The highest BCUT2D eigenvalue weighted by Gasteiger charge is 2.30. The van der Waals surface area contributed by atoms with E-state index in [0.29, 0.717) is 10.3 Å². The van der Waals surface area contributed by atoms with Gasteiger partial charge in [0.25, 0.3) is 11.5 Å². The minimum atomic E-state index is -4.59. The van der Waals surface area contributed by atoms with Crippen LogP contribution >= 0.6 is 0 Å². The summed E-state index contributed by atoms with van der Waals surface area (Å²) in [7, 11) is 1.43. The van der Waals surface area contributed by atoms with Crippen LogP contribution in [0.1, 0.15) is 27.2 Å². The van der Waals surface area contributed by atoms with E-state index in [1.54, 1.807) is 31.2 Å². The standard InChI is InChI=1S/C22H21F3N4O4/c1-14-5-3-8-17(11-14)29-21(32)28(13-15-6-4-7-16(12-15)22(23,24)25)20(31)18(27-29)19(30)26-9-10-33-2/h3-8,11-12H,9-10,13H2,1-2H3,(H,26,30). The molecule has 1 N–H and O–H groups in total. The van der Waals surface area contributed by atoms with E-state index >= 15 is 0 Å². The van der Waals surface area contributed by atoms with Gasteiger partial charge in [0.05, 0.1) is 24.4 Å². The molecule has 2 aromatic carbocycles. The molecule has 3 rings (SSSR count). The molecule has 174 valence electrons. The van der Waals surface area contributed by atoms with E-state index in [-0.39, 0.29) is 18.7 Å². The van der Waals surface area contributed by atoms with E-state index in [1.807, 2.05) is 0 Å². The van der Waals surface area contributed by atoms with Crippen molar-refractivity contribution in [3.63, 3.8) is 0 Å². The number of aryl methyl sites for hydroxylation is 1. The number of benzene rings is 2. The maximum absolute atomic E-state index is 13.1. The van der Waals surface area contributed by atoms with E-state index in [2.05, 4.69) is 10.4 Å². The molecule has 0 atom stereocenters. The minimum Gasteiger partial charge on any atom is -0.383 e. The molecule has 0 aliphatic heterocycles. The summed E-state index contributed by atoms with van der Waals surface area (Å²) < 4.78 is 45.7. The highest BCUT2D eigenvalue weighted by Crippen LogP contribution is 2.29. The Bertz CT molecular complexity index is 1280. The monoisotopic (exact) mass is 462 g/mol. The van der Waals surface area contributed by atoms with Crippen LogP contribution in [0.4, 0.5) is 13.2 Å². The Morgan fingerprint density at radius 1 is 1.12 bits per heavy atom. The molecule has 0 spiro atoms. The van der Waals surface area contributed by atoms with Crippen molar-refractivity contribution >= 4 is 5.91 Å². The molecule has 0 saturated carbocycles. The van der Waals surface area contributed by atoms with Gasteiger partial charge in [-0.05, 0) is 42.3 Å². The third-order valence-electron chi connectivity index (χ3n) is 4.71. The van der Waals surface area contributed by atoms with Gasteiger partial charge in [-0.3, -0.25) is 14.2 Å². The Hall–Kier alpha value is -3.73. The quantitative estimate of drug-likeness (QED) is 0.543. The largest absolute Gasteiger partial charge is 0.416 e. The number of alkyl halides is 3. The maximum atomic E-state index is 13.1. The molecule has 0 aliphatic rings. The van der Waals surface area contributed by atoms with Gasteiger partial charge in [0, 0.05) is 13.7 Å². The number of aromatic nitrogens is 3. The number of nitrogens with one attached hydrogen (secondary N) is 1. The van der Waals surface area contributed by atoms with Crippen LogP contribution < -0.4 is 16.6 Å². The normalized spacial score (nSPS) is 11.4. The number of methoxy groups -OCH3 is 1. The molecule has 0 radical (unpaired) electrons. The second-order valence-corrected chi connectivity index (χ2v) is 7.22. The Kier molecular flexibility index (Phi) is 7.12. The van der Waals surface area contributed by atoms with Gasteiger partial charge in [-0.1, -0.05) is 24.3 Å². The van der Waals surface area contributed by atoms with Crippen molar-refractivity contribution in [3.8, 4) is 5.69 Å². The molecule has 1 aromatic heterocycles. The Morgan fingerprint density at radius 3 is 2.52 bits per heavy atom. The molecule has 0 fully saturated rings. The predicted molar refractivity (Wildman–Crippen MR) is 114 cm³/mol.